The summed E-state index contributed by atoms with van der Waals surface area (Å²) in [4.78, 5) is 2.31. The van der Waals surface area contributed by atoms with Crippen molar-refractivity contribution in [3.8, 4) is 5.75 Å². The molecular weight excluding hydrogens is 226 g/mol. The smallest absolute Gasteiger partial charge is 0.125 e. The first-order valence-corrected chi connectivity index (χ1v) is 6.85. The quantitative estimate of drug-likeness (QED) is 0.771. The summed E-state index contributed by atoms with van der Waals surface area (Å²) >= 11 is 0. The fraction of sp³-hybridized carbons (Fsp3) is 0.600. The number of aliphatic hydroxyl groups excluding tert-OH is 1. The molecule has 1 unspecified atom stereocenters. The van der Waals surface area contributed by atoms with Crippen LogP contribution in [-0.2, 0) is 0 Å². The summed E-state index contributed by atoms with van der Waals surface area (Å²) in [5.41, 5.74) is 0.895. The zero-order chi connectivity index (χ0) is 13.4. The molecule has 1 aromatic rings. The molecule has 1 N–H and O–H groups in total. The van der Waals surface area contributed by atoms with E-state index in [1.165, 1.54) is 0 Å². The molecule has 18 heavy (non-hydrogen) atoms. The topological polar surface area (TPSA) is 32.7 Å². The molecule has 1 aromatic carbocycles. The first-order valence-electron chi connectivity index (χ1n) is 6.85. The highest BCUT2D eigenvalue weighted by atomic mass is 16.5. The minimum atomic E-state index is -0.451. The average Bonchev–Trinajstić information content (AvgIpc) is 2.40. The Balaban J connectivity index is 2.62. The Bertz CT molecular complexity index is 337. The molecule has 0 saturated heterocycles. The van der Waals surface area contributed by atoms with Crippen molar-refractivity contribution in [2.75, 3.05) is 26.2 Å². The number of aliphatic hydroxyl groups is 1. The number of hydrogen-bond acceptors (Lipinski definition) is 3. The van der Waals surface area contributed by atoms with Gasteiger partial charge in [0.25, 0.3) is 0 Å². The van der Waals surface area contributed by atoms with Gasteiger partial charge in [0.2, 0.25) is 0 Å². The average molecular weight is 251 g/mol. The van der Waals surface area contributed by atoms with Crippen LogP contribution in [0.2, 0.25) is 0 Å². The molecular formula is C15H25NO2. The van der Waals surface area contributed by atoms with E-state index in [4.69, 9.17) is 4.74 Å². The van der Waals surface area contributed by atoms with Crippen LogP contribution in [-0.4, -0.2) is 36.2 Å². The van der Waals surface area contributed by atoms with Crippen LogP contribution in [0.5, 0.6) is 5.75 Å². The highest BCUT2D eigenvalue weighted by Gasteiger charge is 2.13. The summed E-state index contributed by atoms with van der Waals surface area (Å²) < 4.78 is 5.54. The molecule has 0 aliphatic rings. The molecule has 3 nitrogen and oxygen atoms in total. The van der Waals surface area contributed by atoms with Gasteiger partial charge in [0, 0.05) is 12.1 Å². The Kier molecular flexibility index (Phi) is 6.76. The van der Waals surface area contributed by atoms with Gasteiger partial charge >= 0.3 is 0 Å². The van der Waals surface area contributed by atoms with Gasteiger partial charge in [-0.2, -0.15) is 0 Å². The number of rotatable bonds is 8. The molecule has 0 radical (unpaired) electrons. The second-order valence-corrected chi connectivity index (χ2v) is 4.30. The zero-order valence-electron chi connectivity index (χ0n) is 11.7. The van der Waals surface area contributed by atoms with Crippen LogP contribution < -0.4 is 4.74 Å². The Morgan fingerprint density at radius 3 is 2.44 bits per heavy atom. The van der Waals surface area contributed by atoms with Crippen molar-refractivity contribution < 1.29 is 9.84 Å². The van der Waals surface area contributed by atoms with E-state index in [-0.39, 0.29) is 0 Å². The van der Waals surface area contributed by atoms with Crippen molar-refractivity contribution in [3.63, 3.8) is 0 Å². The van der Waals surface area contributed by atoms with E-state index in [0.717, 1.165) is 37.4 Å². The van der Waals surface area contributed by atoms with Crippen LogP contribution in [0.4, 0.5) is 0 Å². The monoisotopic (exact) mass is 251 g/mol. The summed E-state index contributed by atoms with van der Waals surface area (Å²) in [6, 6.07) is 7.74. The van der Waals surface area contributed by atoms with E-state index in [1.807, 2.05) is 31.2 Å². The maximum Gasteiger partial charge on any atom is 0.125 e. The minimum Gasteiger partial charge on any atom is -0.493 e. The van der Waals surface area contributed by atoms with Crippen molar-refractivity contribution in [2.24, 2.45) is 0 Å². The van der Waals surface area contributed by atoms with Gasteiger partial charge in [0.05, 0.1) is 12.7 Å². The molecule has 102 valence electrons. The lowest BCUT2D eigenvalue weighted by Gasteiger charge is -2.21. The molecule has 0 spiro atoms. The first-order chi connectivity index (χ1) is 8.72. The van der Waals surface area contributed by atoms with Crippen molar-refractivity contribution >= 4 is 0 Å². The molecule has 0 aliphatic heterocycles. The highest BCUT2D eigenvalue weighted by molar-refractivity contribution is 5.35. The first kappa shape index (κ1) is 15.0. The van der Waals surface area contributed by atoms with E-state index in [0.29, 0.717) is 6.61 Å². The van der Waals surface area contributed by atoms with Gasteiger partial charge in [-0.3, -0.25) is 0 Å². The molecule has 3 heteroatoms. The molecule has 0 aromatic heterocycles. The lowest BCUT2D eigenvalue weighted by molar-refractivity contribution is 0.141. The van der Waals surface area contributed by atoms with E-state index in [9.17, 15) is 5.11 Å². The third-order valence-corrected chi connectivity index (χ3v) is 3.19. The second kappa shape index (κ2) is 8.11. The number of benzene rings is 1. The van der Waals surface area contributed by atoms with Gasteiger partial charge in [-0.25, -0.2) is 0 Å². The lowest BCUT2D eigenvalue weighted by atomic mass is 10.1. The van der Waals surface area contributed by atoms with Gasteiger partial charge in [-0.15, -0.1) is 0 Å². The van der Waals surface area contributed by atoms with Crippen LogP contribution in [0.1, 0.15) is 38.9 Å². The van der Waals surface area contributed by atoms with Crippen molar-refractivity contribution in [3.05, 3.63) is 29.8 Å². The zero-order valence-corrected chi connectivity index (χ0v) is 11.7. The van der Waals surface area contributed by atoms with Gasteiger partial charge in [-0.1, -0.05) is 32.0 Å². The highest BCUT2D eigenvalue weighted by Crippen LogP contribution is 2.27. The molecule has 0 saturated carbocycles. The van der Waals surface area contributed by atoms with Crippen molar-refractivity contribution in [1.29, 1.82) is 0 Å². The van der Waals surface area contributed by atoms with E-state index >= 15 is 0 Å². The minimum absolute atomic E-state index is 0.451. The number of nitrogens with zero attached hydrogens (tertiary/aromatic N) is 1. The largest absolute Gasteiger partial charge is 0.493 e. The van der Waals surface area contributed by atoms with Crippen LogP contribution in [0.25, 0.3) is 0 Å². The lowest BCUT2D eigenvalue weighted by Crippen LogP contribution is -2.25. The molecule has 0 fully saturated rings. The van der Waals surface area contributed by atoms with Crippen LogP contribution >= 0.6 is 0 Å². The fourth-order valence-electron chi connectivity index (χ4n) is 2.04. The Hall–Kier alpha value is -1.06. The van der Waals surface area contributed by atoms with Gasteiger partial charge < -0.3 is 14.7 Å². The van der Waals surface area contributed by atoms with E-state index < -0.39 is 6.10 Å². The summed E-state index contributed by atoms with van der Waals surface area (Å²) in [5, 5.41) is 10.3. The van der Waals surface area contributed by atoms with Crippen molar-refractivity contribution in [1.82, 2.24) is 4.90 Å². The summed E-state index contributed by atoms with van der Waals surface area (Å²) in [5.74, 6) is 0.798. The third-order valence-electron chi connectivity index (χ3n) is 3.19. The molecule has 0 bridgehead atoms. The van der Waals surface area contributed by atoms with E-state index in [1.54, 1.807) is 0 Å². The SMILES string of the molecule is CCOc1ccccc1C(O)CCN(CC)CC. The molecule has 0 heterocycles. The van der Waals surface area contributed by atoms with Gasteiger partial charge in [0.15, 0.2) is 0 Å². The number of hydrogen-bond donors (Lipinski definition) is 1. The molecule has 1 rings (SSSR count). The summed E-state index contributed by atoms with van der Waals surface area (Å²) in [7, 11) is 0. The van der Waals surface area contributed by atoms with Crippen LogP contribution in [0.3, 0.4) is 0 Å². The third kappa shape index (κ3) is 4.31. The summed E-state index contributed by atoms with van der Waals surface area (Å²) in [6.07, 6.45) is 0.291. The Morgan fingerprint density at radius 2 is 1.83 bits per heavy atom. The maximum atomic E-state index is 10.3. The van der Waals surface area contributed by atoms with Gasteiger partial charge in [0.1, 0.15) is 5.75 Å². The molecule has 1 atom stereocenters. The maximum absolute atomic E-state index is 10.3. The molecule has 0 amide bonds. The summed E-state index contributed by atoms with van der Waals surface area (Å²) in [6.45, 7) is 9.83. The van der Waals surface area contributed by atoms with E-state index in [2.05, 4.69) is 18.7 Å². The molecule has 0 aliphatic carbocycles. The fourth-order valence-corrected chi connectivity index (χ4v) is 2.04. The predicted molar refractivity (Wildman–Crippen MR) is 75.0 cm³/mol. The van der Waals surface area contributed by atoms with Crippen molar-refractivity contribution in [2.45, 2.75) is 33.3 Å². The van der Waals surface area contributed by atoms with Crippen LogP contribution in [0, 0.1) is 0 Å². The Labute approximate surface area is 110 Å². The number of para-hydroxylation sites is 1. The second-order valence-electron chi connectivity index (χ2n) is 4.30. The standard InChI is InChI=1S/C15H25NO2/c1-4-16(5-2)12-11-14(17)13-9-7-8-10-15(13)18-6-3/h7-10,14,17H,4-6,11-12H2,1-3H3. The normalized spacial score (nSPS) is 12.7. The van der Waals surface area contributed by atoms with Crippen LogP contribution in [0.15, 0.2) is 24.3 Å². The van der Waals surface area contributed by atoms with Gasteiger partial charge in [-0.05, 0) is 32.5 Å². The predicted octanol–water partition coefficient (Wildman–Crippen LogP) is 2.85. The number of ether oxygens (including phenoxy) is 1. The Morgan fingerprint density at radius 1 is 1.17 bits per heavy atom.